The van der Waals surface area contributed by atoms with Crippen LogP contribution in [-0.2, 0) is 16.1 Å². The summed E-state index contributed by atoms with van der Waals surface area (Å²) in [6.45, 7) is 0.433. The normalized spacial score (nSPS) is 11.5. The molecule has 1 atom stereocenters. The number of ether oxygens (including phenoxy) is 1. The van der Waals surface area contributed by atoms with Crippen molar-refractivity contribution in [1.29, 1.82) is 0 Å². The summed E-state index contributed by atoms with van der Waals surface area (Å²) >= 11 is 0. The highest BCUT2D eigenvalue weighted by atomic mass is 35.5. The van der Waals surface area contributed by atoms with Gasteiger partial charge in [0.15, 0.2) is 5.82 Å². The highest BCUT2D eigenvalue weighted by Crippen LogP contribution is 2.08. The molecule has 21 heavy (non-hydrogen) atoms. The number of aromatic nitrogens is 3. The molecule has 1 amide bonds. The van der Waals surface area contributed by atoms with Gasteiger partial charge in [-0.3, -0.25) is 9.36 Å². The second kappa shape index (κ2) is 8.35. The SMILES string of the molecule is COCC(N)C(=O)NCc1nncn1-c1ccccc1.Cl. The number of nitrogens with zero attached hydrogens (tertiary/aromatic N) is 3. The Kier molecular flexibility index (Phi) is 6.80. The van der Waals surface area contributed by atoms with Crippen LogP contribution in [0.5, 0.6) is 0 Å². The number of carbonyl (C=O) groups is 1. The summed E-state index contributed by atoms with van der Waals surface area (Å²) in [5.41, 5.74) is 6.57. The molecule has 1 aromatic carbocycles. The average molecular weight is 312 g/mol. The standard InChI is InChI=1S/C13H17N5O2.ClH/c1-20-8-11(14)13(19)15-7-12-17-16-9-18(12)10-5-3-2-4-6-10;/h2-6,9,11H,7-8,14H2,1H3,(H,15,19);1H. The predicted molar refractivity (Wildman–Crippen MR) is 80.3 cm³/mol. The molecule has 0 saturated carbocycles. The van der Waals surface area contributed by atoms with Gasteiger partial charge in [0, 0.05) is 12.8 Å². The van der Waals surface area contributed by atoms with Crippen molar-refractivity contribution in [2.75, 3.05) is 13.7 Å². The van der Waals surface area contributed by atoms with Crippen LogP contribution in [0.15, 0.2) is 36.7 Å². The smallest absolute Gasteiger partial charge is 0.239 e. The number of hydrogen-bond donors (Lipinski definition) is 2. The van der Waals surface area contributed by atoms with E-state index < -0.39 is 6.04 Å². The maximum atomic E-state index is 11.7. The highest BCUT2D eigenvalue weighted by Gasteiger charge is 2.14. The van der Waals surface area contributed by atoms with Gasteiger partial charge in [-0.15, -0.1) is 22.6 Å². The van der Waals surface area contributed by atoms with Gasteiger partial charge in [0.25, 0.3) is 0 Å². The number of hydrogen-bond acceptors (Lipinski definition) is 5. The minimum Gasteiger partial charge on any atom is -0.383 e. The van der Waals surface area contributed by atoms with Crippen molar-refractivity contribution in [2.24, 2.45) is 5.73 Å². The molecule has 8 heteroatoms. The first kappa shape index (κ1) is 17.1. The van der Waals surface area contributed by atoms with Gasteiger partial charge in [-0.2, -0.15) is 0 Å². The molecule has 0 aliphatic rings. The van der Waals surface area contributed by atoms with Crippen LogP contribution in [0.4, 0.5) is 0 Å². The Morgan fingerprint density at radius 2 is 2.14 bits per heavy atom. The fourth-order valence-electron chi connectivity index (χ4n) is 1.74. The third-order valence-electron chi connectivity index (χ3n) is 2.76. The van der Waals surface area contributed by atoms with Crippen LogP contribution in [-0.4, -0.2) is 40.4 Å². The first-order valence-corrected chi connectivity index (χ1v) is 6.19. The van der Waals surface area contributed by atoms with E-state index in [9.17, 15) is 4.79 Å². The van der Waals surface area contributed by atoms with Gasteiger partial charge in [-0.1, -0.05) is 18.2 Å². The third kappa shape index (κ3) is 4.52. The van der Waals surface area contributed by atoms with Crippen molar-refractivity contribution in [3.63, 3.8) is 0 Å². The van der Waals surface area contributed by atoms with E-state index in [0.717, 1.165) is 5.69 Å². The van der Waals surface area contributed by atoms with Crippen LogP contribution in [0.1, 0.15) is 5.82 Å². The maximum Gasteiger partial charge on any atom is 0.239 e. The Bertz CT molecular complexity index is 561. The maximum absolute atomic E-state index is 11.7. The molecule has 2 aromatic rings. The van der Waals surface area contributed by atoms with Crippen molar-refractivity contribution in [1.82, 2.24) is 20.1 Å². The predicted octanol–water partition coefficient (Wildman–Crippen LogP) is 0.279. The minimum atomic E-state index is -0.687. The summed E-state index contributed by atoms with van der Waals surface area (Å²) in [4.78, 5) is 11.7. The van der Waals surface area contributed by atoms with Crippen LogP contribution in [0, 0.1) is 0 Å². The molecule has 0 fully saturated rings. The molecule has 1 aromatic heterocycles. The largest absolute Gasteiger partial charge is 0.383 e. The van der Waals surface area contributed by atoms with Crippen molar-refractivity contribution in [2.45, 2.75) is 12.6 Å². The summed E-state index contributed by atoms with van der Waals surface area (Å²) in [7, 11) is 1.50. The average Bonchev–Trinajstić information content (AvgIpc) is 2.94. The van der Waals surface area contributed by atoms with Crippen molar-refractivity contribution in [3.05, 3.63) is 42.5 Å². The van der Waals surface area contributed by atoms with Crippen LogP contribution in [0.2, 0.25) is 0 Å². The quantitative estimate of drug-likeness (QED) is 0.799. The lowest BCUT2D eigenvalue weighted by Gasteiger charge is -2.11. The second-order valence-corrected chi connectivity index (χ2v) is 4.23. The molecule has 1 heterocycles. The van der Waals surface area contributed by atoms with Crippen LogP contribution in [0.25, 0.3) is 5.69 Å². The number of methoxy groups -OCH3 is 1. The molecule has 7 nitrogen and oxygen atoms in total. The van der Waals surface area contributed by atoms with Crippen molar-refractivity contribution < 1.29 is 9.53 Å². The Morgan fingerprint density at radius 3 is 2.81 bits per heavy atom. The molecule has 0 radical (unpaired) electrons. The number of amides is 1. The number of halogens is 1. The number of nitrogens with two attached hydrogens (primary N) is 1. The van der Waals surface area contributed by atoms with Gasteiger partial charge in [-0.05, 0) is 12.1 Å². The Hall–Kier alpha value is -1.96. The molecular formula is C13H18ClN5O2. The van der Waals surface area contributed by atoms with Crippen LogP contribution in [0.3, 0.4) is 0 Å². The summed E-state index contributed by atoms with van der Waals surface area (Å²) in [6, 6.07) is 8.96. The van der Waals surface area contributed by atoms with E-state index in [0.29, 0.717) is 5.82 Å². The van der Waals surface area contributed by atoms with Gasteiger partial charge in [0.05, 0.1) is 13.2 Å². The molecule has 0 saturated heterocycles. The fourth-order valence-corrected chi connectivity index (χ4v) is 1.74. The zero-order valence-electron chi connectivity index (χ0n) is 11.6. The van der Waals surface area contributed by atoms with Crippen LogP contribution < -0.4 is 11.1 Å². The molecule has 0 aliphatic heterocycles. The molecule has 2 rings (SSSR count). The second-order valence-electron chi connectivity index (χ2n) is 4.23. The minimum absolute atomic E-state index is 0. The summed E-state index contributed by atoms with van der Waals surface area (Å²) in [5.74, 6) is 0.351. The highest BCUT2D eigenvalue weighted by molar-refractivity contribution is 5.85. The Morgan fingerprint density at radius 1 is 1.43 bits per heavy atom. The summed E-state index contributed by atoms with van der Waals surface area (Å²) in [6.07, 6.45) is 1.60. The summed E-state index contributed by atoms with van der Waals surface area (Å²) in [5, 5.41) is 10.6. The molecule has 0 aliphatic carbocycles. The van der Waals surface area contributed by atoms with Gasteiger partial charge in [0.1, 0.15) is 12.4 Å². The van der Waals surface area contributed by atoms with E-state index >= 15 is 0 Å². The first-order chi connectivity index (χ1) is 9.72. The Labute approximate surface area is 128 Å². The van der Waals surface area contributed by atoms with E-state index in [1.54, 1.807) is 6.33 Å². The lowest BCUT2D eigenvalue weighted by atomic mass is 10.3. The zero-order chi connectivity index (χ0) is 14.4. The number of nitrogens with one attached hydrogen (secondary N) is 1. The van der Waals surface area contributed by atoms with E-state index in [4.69, 9.17) is 10.5 Å². The topological polar surface area (TPSA) is 95.1 Å². The van der Waals surface area contributed by atoms with E-state index in [-0.39, 0.29) is 31.5 Å². The Balaban J connectivity index is 0.00000220. The monoisotopic (exact) mass is 311 g/mol. The number of carbonyl (C=O) groups excluding carboxylic acids is 1. The van der Waals surface area contributed by atoms with E-state index in [2.05, 4.69) is 15.5 Å². The molecular weight excluding hydrogens is 294 g/mol. The van der Waals surface area contributed by atoms with E-state index in [1.807, 2.05) is 34.9 Å². The van der Waals surface area contributed by atoms with Crippen LogP contribution >= 0.6 is 12.4 Å². The number of para-hydroxylation sites is 1. The zero-order valence-corrected chi connectivity index (χ0v) is 12.4. The molecule has 114 valence electrons. The van der Waals surface area contributed by atoms with Gasteiger partial charge >= 0.3 is 0 Å². The molecule has 0 spiro atoms. The number of benzene rings is 1. The lowest BCUT2D eigenvalue weighted by molar-refractivity contribution is -0.123. The fraction of sp³-hybridized carbons (Fsp3) is 0.308. The molecule has 3 N–H and O–H groups in total. The molecule has 0 bridgehead atoms. The summed E-state index contributed by atoms with van der Waals surface area (Å²) < 4.78 is 6.64. The van der Waals surface area contributed by atoms with Gasteiger partial charge in [0.2, 0.25) is 5.91 Å². The molecule has 1 unspecified atom stereocenters. The van der Waals surface area contributed by atoms with Gasteiger partial charge in [-0.25, -0.2) is 0 Å². The lowest BCUT2D eigenvalue weighted by Crippen LogP contribution is -2.43. The van der Waals surface area contributed by atoms with Gasteiger partial charge < -0.3 is 15.8 Å². The van der Waals surface area contributed by atoms with E-state index in [1.165, 1.54) is 7.11 Å². The van der Waals surface area contributed by atoms with Crippen molar-refractivity contribution in [3.8, 4) is 5.69 Å². The first-order valence-electron chi connectivity index (χ1n) is 6.19. The van der Waals surface area contributed by atoms with Crippen molar-refractivity contribution >= 4 is 18.3 Å². The third-order valence-corrected chi connectivity index (χ3v) is 2.76. The number of rotatable bonds is 6.